The van der Waals surface area contributed by atoms with Gasteiger partial charge in [0, 0.05) is 12.4 Å². The van der Waals surface area contributed by atoms with E-state index in [1.807, 2.05) is 0 Å². The van der Waals surface area contributed by atoms with Crippen LogP contribution in [0.5, 0.6) is 0 Å². The van der Waals surface area contributed by atoms with Crippen molar-refractivity contribution in [3.63, 3.8) is 0 Å². The summed E-state index contributed by atoms with van der Waals surface area (Å²) in [6.45, 7) is 0. The van der Waals surface area contributed by atoms with Gasteiger partial charge in [-0.1, -0.05) is 11.6 Å². The number of anilines is 1. The standard InChI is InChI=1S/C16H13ClN4O5S/c1-20-11-6-9(3-2-8(11)7-18-20)27(25,26)12-5-4-10(17)13-14(12)19-16(23)21(24)15(13)22/h2-7,16,19,23-24H,1H3. The summed E-state index contributed by atoms with van der Waals surface area (Å²) in [5.41, 5.74) is 0.201. The van der Waals surface area contributed by atoms with Crippen LogP contribution in [-0.2, 0) is 16.9 Å². The fraction of sp³-hybridized carbons (Fsp3) is 0.125. The van der Waals surface area contributed by atoms with E-state index in [0.29, 0.717) is 5.52 Å². The summed E-state index contributed by atoms with van der Waals surface area (Å²) in [6, 6.07) is 7.02. The van der Waals surface area contributed by atoms with Crippen LogP contribution in [0, 0.1) is 0 Å². The third-order valence-electron chi connectivity index (χ3n) is 4.36. The zero-order chi connectivity index (χ0) is 19.5. The lowest BCUT2D eigenvalue weighted by Crippen LogP contribution is -2.47. The highest BCUT2D eigenvalue weighted by molar-refractivity contribution is 7.91. The molecule has 0 aliphatic carbocycles. The van der Waals surface area contributed by atoms with Gasteiger partial charge in [-0.15, -0.1) is 0 Å². The third kappa shape index (κ3) is 2.57. The summed E-state index contributed by atoms with van der Waals surface area (Å²) in [5.74, 6) is -1.01. The lowest BCUT2D eigenvalue weighted by molar-refractivity contribution is -0.148. The molecule has 1 unspecified atom stereocenters. The monoisotopic (exact) mass is 408 g/mol. The quantitative estimate of drug-likeness (QED) is 0.550. The fourth-order valence-corrected chi connectivity index (χ4v) is 4.65. The minimum absolute atomic E-state index is 0.0155. The van der Waals surface area contributed by atoms with Crippen LogP contribution in [0.1, 0.15) is 10.4 Å². The maximum atomic E-state index is 13.2. The number of sulfone groups is 1. The maximum absolute atomic E-state index is 13.2. The van der Waals surface area contributed by atoms with Crippen LogP contribution < -0.4 is 5.32 Å². The molecule has 1 amide bonds. The van der Waals surface area contributed by atoms with Crippen molar-refractivity contribution in [2.75, 3.05) is 5.32 Å². The summed E-state index contributed by atoms with van der Waals surface area (Å²) in [7, 11) is -2.38. The number of carbonyl (C=O) groups excluding carboxylic acids is 1. The van der Waals surface area contributed by atoms with Gasteiger partial charge in [0.25, 0.3) is 5.91 Å². The minimum atomic E-state index is -4.07. The van der Waals surface area contributed by atoms with E-state index in [1.165, 1.54) is 24.3 Å². The van der Waals surface area contributed by atoms with Crippen molar-refractivity contribution in [2.24, 2.45) is 7.05 Å². The molecule has 0 saturated carbocycles. The number of aromatic nitrogens is 2. The summed E-state index contributed by atoms with van der Waals surface area (Å²) in [5, 5.41) is 26.6. The van der Waals surface area contributed by atoms with E-state index < -0.39 is 22.1 Å². The van der Waals surface area contributed by atoms with Crippen LogP contribution in [0.3, 0.4) is 0 Å². The molecule has 4 rings (SSSR count). The van der Waals surface area contributed by atoms with Crippen LogP contribution in [0.4, 0.5) is 5.69 Å². The smallest absolute Gasteiger partial charge is 0.284 e. The van der Waals surface area contributed by atoms with Crippen molar-refractivity contribution in [3.05, 3.63) is 47.1 Å². The van der Waals surface area contributed by atoms with Gasteiger partial charge in [-0.25, -0.2) is 8.42 Å². The van der Waals surface area contributed by atoms with E-state index in [0.717, 1.165) is 5.39 Å². The lowest BCUT2D eigenvalue weighted by atomic mass is 10.1. The first kappa shape index (κ1) is 17.7. The molecule has 3 N–H and O–H groups in total. The Bertz CT molecular complexity index is 1210. The second kappa shape index (κ2) is 5.92. The first-order valence-corrected chi connectivity index (χ1v) is 9.54. The molecule has 2 heterocycles. The zero-order valence-corrected chi connectivity index (χ0v) is 15.4. The Morgan fingerprint density at radius 3 is 2.74 bits per heavy atom. The number of nitrogens with one attached hydrogen (secondary N) is 1. The highest BCUT2D eigenvalue weighted by Gasteiger charge is 2.36. The number of benzene rings is 2. The number of hydroxylamine groups is 2. The molecule has 0 bridgehead atoms. The summed E-state index contributed by atoms with van der Waals surface area (Å²) in [6.07, 6.45) is -0.195. The Morgan fingerprint density at radius 1 is 1.26 bits per heavy atom. The molecule has 140 valence electrons. The van der Waals surface area contributed by atoms with Gasteiger partial charge in [-0.3, -0.25) is 14.7 Å². The van der Waals surface area contributed by atoms with Gasteiger partial charge < -0.3 is 10.4 Å². The minimum Gasteiger partial charge on any atom is -0.355 e. The Morgan fingerprint density at radius 2 is 2.00 bits per heavy atom. The predicted octanol–water partition coefficient (Wildman–Crippen LogP) is 1.59. The van der Waals surface area contributed by atoms with Crippen molar-refractivity contribution in [1.29, 1.82) is 0 Å². The Kier molecular flexibility index (Phi) is 3.89. The molecule has 0 saturated heterocycles. The van der Waals surface area contributed by atoms with Crippen LogP contribution >= 0.6 is 11.6 Å². The van der Waals surface area contributed by atoms with Crippen LogP contribution in [-0.4, -0.2) is 45.8 Å². The van der Waals surface area contributed by atoms with E-state index in [2.05, 4.69) is 10.4 Å². The summed E-state index contributed by atoms with van der Waals surface area (Å²) < 4.78 is 28.0. The number of hydrogen-bond acceptors (Lipinski definition) is 7. The average Bonchev–Trinajstić information content (AvgIpc) is 3.00. The molecule has 0 spiro atoms. The van der Waals surface area contributed by atoms with Gasteiger partial charge in [-0.05, 0) is 30.3 Å². The van der Waals surface area contributed by atoms with Crippen LogP contribution in [0.2, 0.25) is 5.02 Å². The van der Waals surface area contributed by atoms with Gasteiger partial charge in [0.2, 0.25) is 16.2 Å². The van der Waals surface area contributed by atoms with Gasteiger partial charge in [-0.2, -0.15) is 10.2 Å². The molecule has 3 aromatic rings. The molecule has 1 aliphatic rings. The predicted molar refractivity (Wildman–Crippen MR) is 95.2 cm³/mol. The number of aliphatic hydroxyl groups is 1. The Hall–Kier alpha value is -2.66. The third-order valence-corrected chi connectivity index (χ3v) is 6.47. The molecule has 1 atom stereocenters. The molecular formula is C16H13ClN4O5S. The SMILES string of the molecule is Cn1ncc2ccc(S(=O)(=O)c3ccc(Cl)c4c3NC(O)N(O)C4=O)cc21. The number of carbonyl (C=O) groups is 1. The van der Waals surface area contributed by atoms with Crippen molar-refractivity contribution in [3.8, 4) is 0 Å². The first-order chi connectivity index (χ1) is 12.7. The number of aliphatic hydroxyl groups excluding tert-OH is 1. The normalized spacial score (nSPS) is 17.1. The average molecular weight is 409 g/mol. The zero-order valence-electron chi connectivity index (χ0n) is 13.8. The molecule has 1 aromatic heterocycles. The van der Waals surface area contributed by atoms with Gasteiger partial charge in [0.05, 0.1) is 37.8 Å². The Labute approximate surface area is 158 Å². The number of nitrogens with zero attached hydrogens (tertiary/aromatic N) is 3. The molecule has 9 nitrogen and oxygen atoms in total. The molecule has 0 radical (unpaired) electrons. The number of hydrogen-bond donors (Lipinski definition) is 3. The number of aryl methyl sites for hydroxylation is 1. The van der Waals surface area contributed by atoms with E-state index in [-0.39, 0.29) is 31.1 Å². The fourth-order valence-electron chi connectivity index (χ4n) is 2.97. The van der Waals surface area contributed by atoms with E-state index >= 15 is 0 Å². The molecule has 0 fully saturated rings. The van der Waals surface area contributed by atoms with Gasteiger partial charge in [0.15, 0.2) is 0 Å². The summed E-state index contributed by atoms with van der Waals surface area (Å²) >= 11 is 6.02. The van der Waals surface area contributed by atoms with Crippen molar-refractivity contribution < 1.29 is 23.5 Å². The van der Waals surface area contributed by atoms with Crippen molar-refractivity contribution in [2.45, 2.75) is 16.1 Å². The largest absolute Gasteiger partial charge is 0.355 e. The topological polar surface area (TPSA) is 125 Å². The van der Waals surface area contributed by atoms with Crippen LogP contribution in [0.25, 0.3) is 10.9 Å². The molecule has 1 aliphatic heterocycles. The summed E-state index contributed by atoms with van der Waals surface area (Å²) in [4.78, 5) is 12.0. The number of amides is 1. The Balaban J connectivity index is 1.95. The first-order valence-electron chi connectivity index (χ1n) is 7.68. The number of halogens is 1. The second-order valence-electron chi connectivity index (χ2n) is 5.96. The van der Waals surface area contributed by atoms with Crippen molar-refractivity contribution >= 4 is 43.9 Å². The lowest BCUT2D eigenvalue weighted by Gasteiger charge is -2.31. The van der Waals surface area contributed by atoms with Crippen molar-refractivity contribution in [1.82, 2.24) is 14.8 Å². The van der Waals surface area contributed by atoms with E-state index in [4.69, 9.17) is 11.6 Å². The van der Waals surface area contributed by atoms with E-state index in [1.54, 1.807) is 24.0 Å². The molecule has 11 heteroatoms. The van der Waals surface area contributed by atoms with Gasteiger partial charge in [0.1, 0.15) is 0 Å². The number of fused-ring (bicyclic) bond motifs is 2. The molecular weight excluding hydrogens is 396 g/mol. The highest BCUT2D eigenvalue weighted by Crippen LogP contribution is 2.38. The highest BCUT2D eigenvalue weighted by atomic mass is 35.5. The molecule has 2 aromatic carbocycles. The molecule has 27 heavy (non-hydrogen) atoms. The second-order valence-corrected chi connectivity index (χ2v) is 8.28. The number of rotatable bonds is 2. The van der Waals surface area contributed by atoms with Crippen LogP contribution in [0.15, 0.2) is 46.3 Å². The maximum Gasteiger partial charge on any atom is 0.284 e. The van der Waals surface area contributed by atoms with E-state index in [9.17, 15) is 23.5 Å². The van der Waals surface area contributed by atoms with Gasteiger partial charge >= 0.3 is 0 Å².